The minimum atomic E-state index is 0.321. The van der Waals surface area contributed by atoms with Crippen LogP contribution in [0.2, 0.25) is 0 Å². The van der Waals surface area contributed by atoms with Gasteiger partial charge in [0.15, 0.2) is 0 Å². The highest BCUT2D eigenvalue weighted by Gasteiger charge is 2.26. The van der Waals surface area contributed by atoms with Gasteiger partial charge >= 0.3 is 0 Å². The van der Waals surface area contributed by atoms with E-state index in [0.717, 1.165) is 42.2 Å². The third kappa shape index (κ3) is 5.31. The van der Waals surface area contributed by atoms with Gasteiger partial charge in [-0.15, -0.1) is 0 Å². The third-order valence-corrected chi connectivity index (χ3v) is 6.62. The van der Waals surface area contributed by atoms with Gasteiger partial charge in [-0.05, 0) is 61.1 Å². The van der Waals surface area contributed by atoms with E-state index >= 15 is 0 Å². The first-order chi connectivity index (χ1) is 16.0. The van der Waals surface area contributed by atoms with Gasteiger partial charge in [-0.25, -0.2) is 4.68 Å². The molecular formula is C28H38N4O. The Morgan fingerprint density at radius 1 is 1.06 bits per heavy atom. The van der Waals surface area contributed by atoms with E-state index in [-0.39, 0.29) is 0 Å². The summed E-state index contributed by atoms with van der Waals surface area (Å²) in [5.74, 6) is 1.71. The summed E-state index contributed by atoms with van der Waals surface area (Å²) in [5.41, 5.74) is 5.96. The van der Waals surface area contributed by atoms with E-state index in [1.165, 1.54) is 17.7 Å². The Bertz CT molecular complexity index is 1040. The molecule has 5 nitrogen and oxygen atoms in total. The molecular weight excluding hydrogens is 408 g/mol. The van der Waals surface area contributed by atoms with Crippen LogP contribution in [0.5, 0.6) is 5.75 Å². The van der Waals surface area contributed by atoms with Gasteiger partial charge in [0.2, 0.25) is 0 Å². The molecule has 2 atom stereocenters. The highest BCUT2D eigenvalue weighted by Crippen LogP contribution is 2.29. The maximum atomic E-state index is 5.72. The molecule has 5 heteroatoms. The van der Waals surface area contributed by atoms with Crippen molar-refractivity contribution in [1.82, 2.24) is 20.4 Å². The lowest BCUT2D eigenvalue weighted by Crippen LogP contribution is -2.45. The number of methoxy groups -OCH3 is 1. The topological polar surface area (TPSA) is 51.1 Å². The van der Waals surface area contributed by atoms with E-state index in [9.17, 15) is 0 Å². The number of aromatic nitrogens is 2. The predicted molar refractivity (Wildman–Crippen MR) is 135 cm³/mol. The Morgan fingerprint density at radius 3 is 2.55 bits per heavy atom. The van der Waals surface area contributed by atoms with E-state index in [4.69, 9.17) is 9.84 Å². The largest absolute Gasteiger partial charge is 0.496 e. The average molecular weight is 447 g/mol. The highest BCUT2D eigenvalue weighted by molar-refractivity contribution is 5.45. The van der Waals surface area contributed by atoms with E-state index in [1.807, 2.05) is 0 Å². The molecule has 0 bridgehead atoms. The second-order valence-corrected chi connectivity index (χ2v) is 9.68. The van der Waals surface area contributed by atoms with Crippen LogP contribution < -0.4 is 15.4 Å². The number of benzene rings is 2. The molecule has 0 amide bonds. The van der Waals surface area contributed by atoms with Crippen LogP contribution in [0, 0.1) is 0 Å². The first-order valence-electron chi connectivity index (χ1n) is 12.3. The van der Waals surface area contributed by atoms with Crippen LogP contribution in [0.4, 0.5) is 0 Å². The number of piperidine rings is 1. The monoisotopic (exact) mass is 446 g/mol. The smallest absolute Gasteiger partial charge is 0.123 e. The van der Waals surface area contributed by atoms with E-state index < -0.39 is 0 Å². The van der Waals surface area contributed by atoms with Crippen molar-refractivity contribution in [2.45, 2.75) is 71.0 Å². The minimum Gasteiger partial charge on any atom is -0.496 e. The van der Waals surface area contributed by atoms with Crippen molar-refractivity contribution < 1.29 is 4.74 Å². The van der Waals surface area contributed by atoms with Gasteiger partial charge in [0.1, 0.15) is 5.75 Å². The number of rotatable bonds is 8. The SMILES string of the molecule is COc1ccc(-n2nc(C(C)C)cc2C(C)C)cc1CN[C@H]1CCCN[C@H]1c1ccccc1. The van der Waals surface area contributed by atoms with E-state index in [0.29, 0.717) is 23.9 Å². The molecule has 1 saturated heterocycles. The molecule has 0 saturated carbocycles. The van der Waals surface area contributed by atoms with Crippen LogP contribution in [0.15, 0.2) is 54.6 Å². The van der Waals surface area contributed by atoms with Crippen molar-refractivity contribution in [3.8, 4) is 11.4 Å². The molecule has 2 N–H and O–H groups in total. The molecule has 2 aromatic carbocycles. The summed E-state index contributed by atoms with van der Waals surface area (Å²) < 4.78 is 7.83. The Labute approximate surface area is 198 Å². The fourth-order valence-electron chi connectivity index (χ4n) is 4.71. The van der Waals surface area contributed by atoms with Gasteiger partial charge < -0.3 is 15.4 Å². The number of nitrogens with zero attached hydrogens (tertiary/aromatic N) is 2. The molecule has 0 aliphatic carbocycles. The molecule has 1 aromatic heterocycles. The molecule has 176 valence electrons. The van der Waals surface area contributed by atoms with Crippen LogP contribution in [-0.2, 0) is 6.54 Å². The fourth-order valence-corrected chi connectivity index (χ4v) is 4.71. The minimum absolute atomic E-state index is 0.321. The molecule has 3 aromatic rings. The lowest BCUT2D eigenvalue weighted by atomic mass is 9.92. The average Bonchev–Trinajstić information content (AvgIpc) is 3.30. The Balaban J connectivity index is 1.59. The predicted octanol–water partition coefficient (Wildman–Crippen LogP) is 5.71. The first kappa shape index (κ1) is 23.5. The van der Waals surface area contributed by atoms with Gasteiger partial charge in [-0.1, -0.05) is 58.0 Å². The number of hydrogen-bond acceptors (Lipinski definition) is 4. The van der Waals surface area contributed by atoms with Crippen LogP contribution in [-0.4, -0.2) is 29.5 Å². The number of hydrogen-bond donors (Lipinski definition) is 2. The van der Waals surface area contributed by atoms with Crippen LogP contribution in [0.3, 0.4) is 0 Å². The molecule has 1 aliphatic heterocycles. The summed E-state index contributed by atoms with van der Waals surface area (Å²) in [6.45, 7) is 10.7. The highest BCUT2D eigenvalue weighted by atomic mass is 16.5. The van der Waals surface area contributed by atoms with Gasteiger partial charge in [0.05, 0.1) is 18.5 Å². The summed E-state index contributed by atoms with van der Waals surface area (Å²) in [4.78, 5) is 0. The van der Waals surface area contributed by atoms with Crippen LogP contribution >= 0.6 is 0 Å². The summed E-state index contributed by atoms with van der Waals surface area (Å²) >= 11 is 0. The zero-order chi connectivity index (χ0) is 23.4. The van der Waals surface area contributed by atoms with Crippen LogP contribution in [0.1, 0.15) is 80.9 Å². The van der Waals surface area contributed by atoms with Gasteiger partial charge in [0.25, 0.3) is 0 Å². The normalized spacial score (nSPS) is 18.8. The van der Waals surface area contributed by atoms with Crippen molar-refractivity contribution in [2.75, 3.05) is 13.7 Å². The molecule has 0 radical (unpaired) electrons. The van der Waals surface area contributed by atoms with E-state index in [2.05, 4.69) is 97.6 Å². The van der Waals surface area contributed by atoms with E-state index in [1.54, 1.807) is 7.11 Å². The maximum absolute atomic E-state index is 5.72. The Kier molecular flexibility index (Phi) is 7.51. The van der Waals surface area contributed by atoms with Crippen molar-refractivity contribution in [1.29, 1.82) is 0 Å². The molecule has 0 unspecified atom stereocenters. The summed E-state index contributed by atoms with van der Waals surface area (Å²) in [7, 11) is 1.75. The quantitative estimate of drug-likeness (QED) is 0.465. The van der Waals surface area contributed by atoms with Crippen molar-refractivity contribution >= 4 is 0 Å². The van der Waals surface area contributed by atoms with Crippen molar-refractivity contribution in [3.05, 3.63) is 77.1 Å². The van der Waals surface area contributed by atoms with Crippen molar-refractivity contribution in [2.24, 2.45) is 0 Å². The number of nitrogens with one attached hydrogen (secondary N) is 2. The van der Waals surface area contributed by atoms with Gasteiger partial charge in [0, 0.05) is 29.9 Å². The molecule has 1 fully saturated rings. The Morgan fingerprint density at radius 2 is 1.85 bits per heavy atom. The van der Waals surface area contributed by atoms with Gasteiger partial charge in [-0.3, -0.25) is 0 Å². The molecule has 1 aliphatic rings. The standard InChI is InChI=1S/C28H38N4O/c1-19(2)25-17-26(20(3)4)32(31-25)23-13-14-27(33-5)22(16-23)18-30-24-12-9-15-29-28(24)21-10-7-6-8-11-21/h6-8,10-11,13-14,16-17,19-20,24,28-30H,9,12,15,18H2,1-5H3/t24-,28-/m0/s1. The first-order valence-corrected chi connectivity index (χ1v) is 12.3. The maximum Gasteiger partial charge on any atom is 0.123 e. The zero-order valence-electron chi connectivity index (χ0n) is 20.6. The second-order valence-electron chi connectivity index (χ2n) is 9.68. The zero-order valence-corrected chi connectivity index (χ0v) is 20.6. The van der Waals surface area contributed by atoms with Gasteiger partial charge in [-0.2, -0.15) is 5.10 Å². The third-order valence-electron chi connectivity index (χ3n) is 6.62. The summed E-state index contributed by atoms with van der Waals surface area (Å²) in [5, 5.41) is 12.5. The summed E-state index contributed by atoms with van der Waals surface area (Å²) in [6.07, 6.45) is 2.34. The van der Waals surface area contributed by atoms with Crippen LogP contribution in [0.25, 0.3) is 5.69 Å². The lowest BCUT2D eigenvalue weighted by Gasteiger charge is -2.34. The Hall–Kier alpha value is -2.63. The molecule has 0 spiro atoms. The molecule has 33 heavy (non-hydrogen) atoms. The second kappa shape index (κ2) is 10.5. The van der Waals surface area contributed by atoms with Crippen molar-refractivity contribution in [3.63, 3.8) is 0 Å². The molecule has 4 rings (SSSR count). The fraction of sp³-hybridized carbons (Fsp3) is 0.464. The summed E-state index contributed by atoms with van der Waals surface area (Å²) in [6, 6.07) is 20.1. The lowest BCUT2D eigenvalue weighted by molar-refractivity contribution is 0.303. The number of ether oxygens (including phenoxy) is 1. The molecule has 2 heterocycles.